The fourth-order valence-electron chi connectivity index (χ4n) is 1.06. The lowest BCUT2D eigenvalue weighted by atomic mass is 10.2. The first-order chi connectivity index (χ1) is 5.77. The third-order valence-corrected chi connectivity index (χ3v) is 1.77. The van der Waals surface area contributed by atoms with Crippen LogP contribution in [0.25, 0.3) is 10.9 Å². The number of hydrogen-bond donors (Lipinski definition) is 1. The molecule has 1 N–H and O–H groups in total. The number of halogens is 1. The van der Waals surface area contributed by atoms with Gasteiger partial charge in [0.15, 0.2) is 0 Å². The molecule has 1 aromatic heterocycles. The zero-order chi connectivity index (χ0) is 8.55. The molecular weight excluding hydrogens is 174 g/mol. The molecule has 0 saturated heterocycles. The van der Waals surface area contributed by atoms with E-state index in [4.69, 9.17) is 11.6 Å². The minimum atomic E-state index is 0.0920. The van der Waals surface area contributed by atoms with Crippen molar-refractivity contribution >= 4 is 22.5 Å². The van der Waals surface area contributed by atoms with E-state index in [0.29, 0.717) is 10.5 Å². The van der Waals surface area contributed by atoms with Crippen molar-refractivity contribution in [1.29, 1.82) is 0 Å². The van der Waals surface area contributed by atoms with Crippen LogP contribution in [0.2, 0.25) is 5.02 Å². The summed E-state index contributed by atoms with van der Waals surface area (Å²) in [4.78, 5) is 3.98. The van der Waals surface area contributed by atoms with Crippen LogP contribution in [0.1, 0.15) is 0 Å². The van der Waals surface area contributed by atoms with E-state index in [0.717, 1.165) is 5.39 Å². The molecule has 0 aliphatic carbocycles. The van der Waals surface area contributed by atoms with Gasteiger partial charge in [-0.05, 0) is 6.07 Å². The maximum Gasteiger partial charge on any atom is 0.143 e. The highest BCUT2D eigenvalue weighted by molar-refractivity contribution is 6.31. The van der Waals surface area contributed by atoms with Crippen molar-refractivity contribution < 1.29 is 5.11 Å². The van der Waals surface area contributed by atoms with E-state index < -0.39 is 0 Å². The number of aromatic hydroxyl groups is 1. The highest BCUT2D eigenvalue weighted by Gasteiger charge is 2.01. The van der Waals surface area contributed by atoms with Crippen molar-refractivity contribution in [3.8, 4) is 5.75 Å². The van der Waals surface area contributed by atoms with E-state index in [1.807, 2.05) is 0 Å². The number of hydrogen-bond acceptors (Lipinski definition) is 2. The summed E-state index contributed by atoms with van der Waals surface area (Å²) in [7, 11) is 0. The van der Waals surface area contributed by atoms with Crippen LogP contribution < -0.4 is 0 Å². The van der Waals surface area contributed by atoms with Crippen molar-refractivity contribution in [3.63, 3.8) is 0 Å². The molecule has 0 aliphatic rings. The average Bonchev–Trinajstić information content (AvgIpc) is 2.04. The van der Waals surface area contributed by atoms with Gasteiger partial charge in [-0.3, -0.25) is 4.98 Å². The number of rotatable bonds is 0. The number of phenolic OH excluding ortho intramolecular Hbond substituents is 1. The number of fused-ring (bicyclic) bond motifs is 1. The highest BCUT2D eigenvalue weighted by atomic mass is 35.5. The Morgan fingerprint density at radius 3 is 3.17 bits per heavy atom. The largest absolute Gasteiger partial charge is 0.506 e. The topological polar surface area (TPSA) is 33.1 Å². The molecule has 0 atom stereocenters. The van der Waals surface area contributed by atoms with Crippen LogP contribution in [0.3, 0.4) is 0 Å². The van der Waals surface area contributed by atoms with Gasteiger partial charge in [-0.25, -0.2) is 0 Å². The van der Waals surface area contributed by atoms with Gasteiger partial charge >= 0.3 is 0 Å². The minimum Gasteiger partial charge on any atom is -0.506 e. The first kappa shape index (κ1) is 7.37. The summed E-state index contributed by atoms with van der Waals surface area (Å²) in [6.07, 6.45) is 1.61. The predicted octanol–water partition coefficient (Wildman–Crippen LogP) is 2.39. The molecule has 0 amide bonds. The Labute approximate surface area is 74.4 Å². The van der Waals surface area contributed by atoms with Gasteiger partial charge < -0.3 is 5.11 Å². The second-order valence-electron chi connectivity index (χ2n) is 2.40. The molecule has 0 saturated carbocycles. The number of benzene rings is 1. The first-order valence-electron chi connectivity index (χ1n) is 3.43. The van der Waals surface area contributed by atoms with Crippen LogP contribution in [-0.2, 0) is 0 Å². The molecule has 0 aliphatic heterocycles. The Kier molecular flexibility index (Phi) is 1.62. The molecule has 12 heavy (non-hydrogen) atoms. The maximum atomic E-state index is 9.39. The highest BCUT2D eigenvalue weighted by Crippen LogP contribution is 2.25. The molecule has 59 valence electrons. The van der Waals surface area contributed by atoms with Crippen molar-refractivity contribution in [1.82, 2.24) is 4.98 Å². The van der Waals surface area contributed by atoms with E-state index in [-0.39, 0.29) is 5.75 Å². The first-order valence-corrected chi connectivity index (χ1v) is 3.81. The van der Waals surface area contributed by atoms with E-state index in [1.54, 1.807) is 18.3 Å². The fraction of sp³-hybridized carbons (Fsp3) is 0. The van der Waals surface area contributed by atoms with Crippen LogP contribution in [0.4, 0.5) is 0 Å². The monoisotopic (exact) mass is 178 g/mol. The minimum absolute atomic E-state index is 0.0920. The van der Waals surface area contributed by atoms with E-state index >= 15 is 0 Å². The third kappa shape index (κ3) is 1.10. The van der Waals surface area contributed by atoms with Gasteiger partial charge in [-0.1, -0.05) is 17.7 Å². The predicted molar refractivity (Wildman–Crippen MR) is 47.3 cm³/mol. The Hall–Kier alpha value is -1.28. The lowest BCUT2D eigenvalue weighted by Gasteiger charge is -1.98. The van der Waals surface area contributed by atoms with Gasteiger partial charge in [-0.2, -0.15) is 0 Å². The number of pyridine rings is 1. The van der Waals surface area contributed by atoms with Crippen LogP contribution in [0.15, 0.2) is 24.4 Å². The Balaban J connectivity index is 2.89. The van der Waals surface area contributed by atoms with Crippen molar-refractivity contribution in [2.24, 2.45) is 0 Å². The van der Waals surface area contributed by atoms with Crippen LogP contribution >= 0.6 is 11.6 Å². The van der Waals surface area contributed by atoms with Gasteiger partial charge in [0.05, 0.1) is 5.02 Å². The van der Waals surface area contributed by atoms with Gasteiger partial charge in [-0.15, -0.1) is 0 Å². The molecule has 2 rings (SSSR count). The summed E-state index contributed by atoms with van der Waals surface area (Å²) in [6.45, 7) is 0. The summed E-state index contributed by atoms with van der Waals surface area (Å²) < 4.78 is 0. The van der Waals surface area contributed by atoms with Gasteiger partial charge in [0.2, 0.25) is 0 Å². The molecule has 0 unspecified atom stereocenters. The summed E-state index contributed by atoms with van der Waals surface area (Å²) in [5.41, 5.74) is 0.530. The molecule has 0 bridgehead atoms. The lowest BCUT2D eigenvalue weighted by molar-refractivity contribution is 0.480. The van der Waals surface area contributed by atoms with Crippen molar-refractivity contribution in [2.75, 3.05) is 0 Å². The van der Waals surface area contributed by atoms with Crippen LogP contribution in [0.5, 0.6) is 5.75 Å². The zero-order valence-electron chi connectivity index (χ0n) is 6.08. The van der Waals surface area contributed by atoms with E-state index in [1.165, 1.54) is 6.07 Å². The summed E-state index contributed by atoms with van der Waals surface area (Å²) in [6, 6.07) is 7.87. The molecule has 2 nitrogen and oxygen atoms in total. The molecular formula is C9H5ClNO. The third-order valence-electron chi connectivity index (χ3n) is 1.57. The maximum absolute atomic E-state index is 9.39. The zero-order valence-corrected chi connectivity index (χ0v) is 6.84. The van der Waals surface area contributed by atoms with Crippen molar-refractivity contribution in [2.45, 2.75) is 0 Å². The Morgan fingerprint density at radius 2 is 2.33 bits per heavy atom. The standard InChI is InChI=1S/C9H5ClNO/c10-7-4-6-2-1-3-11-9(6)8(12)5-7/h1-3,5,12H. The van der Waals surface area contributed by atoms with E-state index in [2.05, 4.69) is 11.1 Å². The average molecular weight is 179 g/mol. The van der Waals surface area contributed by atoms with Gasteiger partial charge in [0.1, 0.15) is 11.3 Å². The second-order valence-corrected chi connectivity index (χ2v) is 2.81. The molecule has 2 aromatic rings. The van der Waals surface area contributed by atoms with Crippen LogP contribution in [0, 0.1) is 6.07 Å². The molecule has 1 radical (unpaired) electrons. The molecule has 0 fully saturated rings. The van der Waals surface area contributed by atoms with E-state index in [9.17, 15) is 5.11 Å². The summed E-state index contributed by atoms with van der Waals surface area (Å²) in [5.74, 6) is 0.0920. The van der Waals surface area contributed by atoms with Gasteiger partial charge in [0, 0.05) is 23.7 Å². The number of aromatic nitrogens is 1. The molecule has 1 heterocycles. The Bertz CT molecular complexity index is 428. The lowest BCUT2D eigenvalue weighted by Crippen LogP contribution is -1.78. The molecule has 0 spiro atoms. The normalized spacial score (nSPS) is 10.4. The number of phenols is 1. The molecule has 1 aromatic carbocycles. The van der Waals surface area contributed by atoms with Crippen LogP contribution in [-0.4, -0.2) is 10.1 Å². The quantitative estimate of drug-likeness (QED) is 0.672. The SMILES string of the molecule is Oc1cc(Cl)[c]c2cccnc12. The Morgan fingerprint density at radius 1 is 1.50 bits per heavy atom. The molecule has 3 heteroatoms. The van der Waals surface area contributed by atoms with Gasteiger partial charge in [0.25, 0.3) is 0 Å². The fourth-order valence-corrected chi connectivity index (χ4v) is 1.27. The van der Waals surface area contributed by atoms with Crippen molar-refractivity contribution in [3.05, 3.63) is 35.5 Å². The summed E-state index contributed by atoms with van der Waals surface area (Å²) >= 11 is 5.68. The number of nitrogens with zero attached hydrogens (tertiary/aromatic N) is 1. The smallest absolute Gasteiger partial charge is 0.143 e. The summed E-state index contributed by atoms with van der Waals surface area (Å²) in [5, 5.41) is 10.5. The second kappa shape index (κ2) is 2.64.